The number of nitrogens with one attached hydrogen (secondary N) is 1. The highest BCUT2D eigenvalue weighted by molar-refractivity contribution is 6.33. The Kier molecular flexibility index (Phi) is 6.16. The van der Waals surface area contributed by atoms with Gasteiger partial charge in [0.2, 0.25) is 5.91 Å². The molecule has 2 aliphatic heterocycles. The summed E-state index contributed by atoms with van der Waals surface area (Å²) in [6.45, 7) is 3.12. The van der Waals surface area contributed by atoms with Crippen molar-refractivity contribution in [3.63, 3.8) is 0 Å². The Labute approximate surface area is 158 Å². The van der Waals surface area contributed by atoms with Crippen LogP contribution in [0.3, 0.4) is 0 Å². The first-order valence-electron chi connectivity index (χ1n) is 9.00. The molecule has 2 aliphatic rings. The molecule has 3 rings (SSSR count). The van der Waals surface area contributed by atoms with E-state index in [-0.39, 0.29) is 29.6 Å². The summed E-state index contributed by atoms with van der Waals surface area (Å²) in [7, 11) is 3.75. The van der Waals surface area contributed by atoms with Crippen molar-refractivity contribution in [2.24, 2.45) is 7.05 Å². The van der Waals surface area contributed by atoms with Crippen molar-refractivity contribution in [1.82, 2.24) is 24.9 Å². The zero-order valence-corrected chi connectivity index (χ0v) is 16.0. The van der Waals surface area contributed by atoms with Crippen LogP contribution in [0.4, 0.5) is 0 Å². The van der Waals surface area contributed by atoms with Crippen molar-refractivity contribution in [2.75, 3.05) is 39.9 Å². The maximum atomic E-state index is 12.4. The number of nitrogens with zero attached hydrogens (tertiary/aromatic N) is 4. The van der Waals surface area contributed by atoms with Crippen LogP contribution in [0.5, 0.6) is 0 Å². The molecule has 2 fully saturated rings. The Bertz CT molecular complexity index is 659. The lowest BCUT2D eigenvalue weighted by Gasteiger charge is -2.30. The molecule has 1 aromatic rings. The smallest absolute Gasteiger partial charge is 0.273 e. The van der Waals surface area contributed by atoms with Gasteiger partial charge in [-0.2, -0.15) is 5.10 Å². The summed E-state index contributed by atoms with van der Waals surface area (Å²) in [5, 5.41) is 7.34. The summed E-state index contributed by atoms with van der Waals surface area (Å²) in [4.78, 5) is 28.8. The van der Waals surface area contributed by atoms with Crippen molar-refractivity contribution in [3.8, 4) is 0 Å². The van der Waals surface area contributed by atoms with Crippen molar-refractivity contribution in [1.29, 1.82) is 0 Å². The van der Waals surface area contributed by atoms with Crippen LogP contribution in [0, 0.1) is 0 Å². The van der Waals surface area contributed by atoms with Gasteiger partial charge in [-0.1, -0.05) is 11.6 Å². The number of likely N-dealkylation sites (tertiary alicyclic amines) is 1. The van der Waals surface area contributed by atoms with Crippen LogP contribution >= 0.6 is 11.6 Å². The van der Waals surface area contributed by atoms with E-state index in [2.05, 4.69) is 15.3 Å². The Hall–Kier alpha value is -1.64. The third-order valence-corrected chi connectivity index (χ3v) is 5.53. The number of aromatic nitrogens is 2. The first-order valence-corrected chi connectivity index (χ1v) is 9.38. The topological polar surface area (TPSA) is 79.7 Å². The van der Waals surface area contributed by atoms with E-state index in [0.29, 0.717) is 44.3 Å². The number of halogens is 1. The summed E-state index contributed by atoms with van der Waals surface area (Å²) >= 11 is 6.01. The van der Waals surface area contributed by atoms with Crippen molar-refractivity contribution in [3.05, 3.63) is 16.9 Å². The molecule has 26 heavy (non-hydrogen) atoms. The fourth-order valence-electron chi connectivity index (χ4n) is 3.63. The van der Waals surface area contributed by atoms with E-state index in [1.165, 1.54) is 4.68 Å². The lowest BCUT2D eigenvalue weighted by Crippen LogP contribution is -2.45. The van der Waals surface area contributed by atoms with E-state index in [1.54, 1.807) is 13.2 Å². The highest BCUT2D eigenvalue weighted by Crippen LogP contribution is 2.25. The number of amides is 2. The molecule has 0 radical (unpaired) electrons. The number of carbonyl (C=O) groups excluding carboxylic acids is 2. The Morgan fingerprint density at radius 3 is 2.62 bits per heavy atom. The van der Waals surface area contributed by atoms with Gasteiger partial charge in [-0.25, -0.2) is 0 Å². The second-order valence-corrected chi connectivity index (χ2v) is 7.36. The zero-order valence-electron chi connectivity index (χ0n) is 15.3. The van der Waals surface area contributed by atoms with Gasteiger partial charge in [0.25, 0.3) is 5.91 Å². The molecule has 0 aliphatic carbocycles. The molecular formula is C17H26ClN5O3. The van der Waals surface area contributed by atoms with Gasteiger partial charge in [0.05, 0.1) is 18.2 Å². The quantitative estimate of drug-likeness (QED) is 0.801. The predicted octanol–water partition coefficient (Wildman–Crippen LogP) is 0.515. The molecular weight excluding hydrogens is 358 g/mol. The summed E-state index contributed by atoms with van der Waals surface area (Å²) < 4.78 is 6.82. The first kappa shape index (κ1) is 19.1. The minimum absolute atomic E-state index is 0.190. The SMILES string of the molecule is CN1[C@@H](CC(=O)N2CCOCC2)CC[C@H]1CNC(=O)c1nn(C)cc1Cl. The molecule has 2 amide bonds. The van der Waals surface area contributed by atoms with Crippen molar-refractivity contribution in [2.45, 2.75) is 31.3 Å². The number of morpholine rings is 1. The summed E-state index contributed by atoms with van der Waals surface area (Å²) in [6, 6.07) is 0.426. The molecule has 2 atom stereocenters. The lowest BCUT2D eigenvalue weighted by atomic mass is 10.1. The van der Waals surface area contributed by atoms with E-state index in [9.17, 15) is 9.59 Å². The molecule has 0 aromatic carbocycles. The van der Waals surface area contributed by atoms with Gasteiger partial charge >= 0.3 is 0 Å². The van der Waals surface area contributed by atoms with Gasteiger partial charge in [-0.15, -0.1) is 0 Å². The number of aryl methyl sites for hydroxylation is 1. The number of hydrogen-bond acceptors (Lipinski definition) is 5. The largest absolute Gasteiger partial charge is 0.378 e. The lowest BCUT2D eigenvalue weighted by molar-refractivity contribution is -0.136. The summed E-state index contributed by atoms with van der Waals surface area (Å²) in [5.74, 6) is -0.0769. The van der Waals surface area contributed by atoms with Gasteiger partial charge in [0.15, 0.2) is 5.69 Å². The fraction of sp³-hybridized carbons (Fsp3) is 0.706. The molecule has 0 saturated carbocycles. The molecule has 0 spiro atoms. The molecule has 1 N–H and O–H groups in total. The second kappa shape index (κ2) is 8.37. The highest BCUT2D eigenvalue weighted by Gasteiger charge is 2.33. The van der Waals surface area contributed by atoms with E-state index >= 15 is 0 Å². The van der Waals surface area contributed by atoms with Gasteiger partial charge < -0.3 is 15.0 Å². The molecule has 9 heteroatoms. The normalized spacial score (nSPS) is 24.0. The molecule has 2 saturated heterocycles. The number of rotatable bonds is 5. The van der Waals surface area contributed by atoms with E-state index < -0.39 is 0 Å². The zero-order chi connectivity index (χ0) is 18.7. The Morgan fingerprint density at radius 2 is 1.96 bits per heavy atom. The Morgan fingerprint density at radius 1 is 1.27 bits per heavy atom. The van der Waals surface area contributed by atoms with Crippen LogP contribution in [0.25, 0.3) is 0 Å². The maximum Gasteiger partial charge on any atom is 0.273 e. The molecule has 8 nitrogen and oxygen atoms in total. The number of ether oxygens (including phenoxy) is 1. The van der Waals surface area contributed by atoms with Crippen LogP contribution in [0.2, 0.25) is 5.02 Å². The number of carbonyl (C=O) groups is 2. The average molecular weight is 384 g/mol. The van der Waals surface area contributed by atoms with Gasteiger partial charge in [0, 0.05) is 51.4 Å². The summed E-state index contributed by atoms with van der Waals surface area (Å²) in [6.07, 6.45) is 4.03. The van der Waals surface area contributed by atoms with Crippen LogP contribution < -0.4 is 5.32 Å². The minimum Gasteiger partial charge on any atom is -0.378 e. The van der Waals surface area contributed by atoms with E-state index in [1.807, 2.05) is 11.9 Å². The van der Waals surface area contributed by atoms with Crippen LogP contribution in [-0.2, 0) is 16.6 Å². The standard InChI is InChI=1S/C17H26ClN5O3/c1-21-11-14(18)16(20-21)17(25)19-10-13-4-3-12(22(13)2)9-15(24)23-5-7-26-8-6-23/h11-13H,3-10H2,1-2H3,(H,19,25)/t12-,13+/m1/s1. The number of hydrogen-bond donors (Lipinski definition) is 1. The van der Waals surface area contributed by atoms with Crippen LogP contribution in [0.15, 0.2) is 6.20 Å². The molecule has 0 bridgehead atoms. The third-order valence-electron chi connectivity index (χ3n) is 5.26. The predicted molar refractivity (Wildman–Crippen MR) is 97.1 cm³/mol. The third kappa shape index (κ3) is 4.36. The summed E-state index contributed by atoms with van der Waals surface area (Å²) in [5.41, 5.74) is 0.244. The minimum atomic E-state index is -0.267. The molecule has 3 heterocycles. The first-order chi connectivity index (χ1) is 12.5. The molecule has 144 valence electrons. The average Bonchev–Trinajstić information content (AvgIpc) is 3.15. The van der Waals surface area contributed by atoms with Crippen LogP contribution in [-0.4, -0.2) is 83.4 Å². The van der Waals surface area contributed by atoms with Crippen molar-refractivity contribution < 1.29 is 14.3 Å². The van der Waals surface area contributed by atoms with Crippen LogP contribution in [0.1, 0.15) is 29.8 Å². The monoisotopic (exact) mass is 383 g/mol. The van der Waals surface area contributed by atoms with E-state index in [0.717, 1.165) is 12.8 Å². The maximum absolute atomic E-state index is 12.4. The Balaban J connectivity index is 1.47. The fourth-order valence-corrected chi connectivity index (χ4v) is 3.90. The van der Waals surface area contributed by atoms with E-state index in [4.69, 9.17) is 16.3 Å². The molecule has 1 aromatic heterocycles. The van der Waals surface area contributed by atoms with Gasteiger partial charge in [-0.3, -0.25) is 19.2 Å². The van der Waals surface area contributed by atoms with Gasteiger partial charge in [-0.05, 0) is 19.9 Å². The highest BCUT2D eigenvalue weighted by atomic mass is 35.5. The second-order valence-electron chi connectivity index (χ2n) is 6.96. The number of likely N-dealkylation sites (N-methyl/N-ethyl adjacent to an activating group) is 1. The van der Waals surface area contributed by atoms with Crippen molar-refractivity contribution >= 4 is 23.4 Å². The van der Waals surface area contributed by atoms with Gasteiger partial charge in [0.1, 0.15) is 0 Å². The molecule has 0 unspecified atom stereocenters.